The SMILES string of the molecule is Cc1ccc(S(=O)(=O)NCCn2c(C)cnc2C2CCC2)c(C)c1. The molecule has 1 aliphatic rings. The highest BCUT2D eigenvalue weighted by atomic mass is 32.2. The predicted molar refractivity (Wildman–Crippen MR) is 94.7 cm³/mol. The van der Waals surface area contributed by atoms with E-state index in [1.54, 1.807) is 6.07 Å². The molecule has 24 heavy (non-hydrogen) atoms. The molecule has 0 spiro atoms. The van der Waals surface area contributed by atoms with E-state index in [2.05, 4.69) is 14.3 Å². The molecule has 0 radical (unpaired) electrons. The average molecular weight is 347 g/mol. The second kappa shape index (κ2) is 6.69. The minimum Gasteiger partial charge on any atom is -0.331 e. The van der Waals surface area contributed by atoms with E-state index in [4.69, 9.17) is 0 Å². The molecule has 0 saturated heterocycles. The normalized spacial score (nSPS) is 15.5. The van der Waals surface area contributed by atoms with E-state index in [9.17, 15) is 8.42 Å². The molecule has 1 fully saturated rings. The van der Waals surface area contributed by atoms with Crippen LogP contribution in [0.1, 0.15) is 47.8 Å². The number of hydrogen-bond acceptors (Lipinski definition) is 3. The van der Waals surface area contributed by atoms with Crippen LogP contribution in [0.5, 0.6) is 0 Å². The summed E-state index contributed by atoms with van der Waals surface area (Å²) in [6, 6.07) is 5.40. The maximum atomic E-state index is 12.5. The Hall–Kier alpha value is -1.66. The molecule has 1 aromatic heterocycles. The molecule has 0 bridgehead atoms. The number of hydrogen-bond donors (Lipinski definition) is 1. The molecule has 0 atom stereocenters. The highest BCUT2D eigenvalue weighted by molar-refractivity contribution is 7.89. The van der Waals surface area contributed by atoms with Crippen molar-refractivity contribution in [1.82, 2.24) is 14.3 Å². The summed E-state index contributed by atoms with van der Waals surface area (Å²) in [7, 11) is -3.48. The fraction of sp³-hybridized carbons (Fsp3) is 0.500. The first-order valence-corrected chi connectivity index (χ1v) is 9.96. The van der Waals surface area contributed by atoms with Gasteiger partial charge in [-0.15, -0.1) is 0 Å². The lowest BCUT2D eigenvalue weighted by atomic mass is 9.85. The van der Waals surface area contributed by atoms with Gasteiger partial charge in [-0.2, -0.15) is 0 Å². The van der Waals surface area contributed by atoms with Crippen LogP contribution < -0.4 is 4.72 Å². The summed E-state index contributed by atoms with van der Waals surface area (Å²) in [4.78, 5) is 4.88. The Balaban J connectivity index is 1.69. The highest BCUT2D eigenvalue weighted by Gasteiger charge is 2.25. The smallest absolute Gasteiger partial charge is 0.240 e. The number of nitrogens with one attached hydrogen (secondary N) is 1. The van der Waals surface area contributed by atoms with Crippen LogP contribution in [0.15, 0.2) is 29.3 Å². The van der Waals surface area contributed by atoms with Crippen LogP contribution in [0.4, 0.5) is 0 Å². The number of rotatable bonds is 6. The molecule has 0 aliphatic heterocycles. The van der Waals surface area contributed by atoms with Crippen molar-refractivity contribution in [2.24, 2.45) is 0 Å². The van der Waals surface area contributed by atoms with Crippen molar-refractivity contribution in [1.29, 1.82) is 0 Å². The van der Waals surface area contributed by atoms with Gasteiger partial charge >= 0.3 is 0 Å². The van der Waals surface area contributed by atoms with Gasteiger partial charge in [-0.3, -0.25) is 0 Å². The predicted octanol–water partition coefficient (Wildman–Crippen LogP) is 3.05. The van der Waals surface area contributed by atoms with Gasteiger partial charge in [0.25, 0.3) is 0 Å². The van der Waals surface area contributed by atoms with Crippen LogP contribution in [0.2, 0.25) is 0 Å². The Morgan fingerprint density at radius 2 is 2.00 bits per heavy atom. The quantitative estimate of drug-likeness (QED) is 0.873. The minimum absolute atomic E-state index is 0.356. The van der Waals surface area contributed by atoms with E-state index in [1.165, 1.54) is 19.3 Å². The Morgan fingerprint density at radius 3 is 2.62 bits per heavy atom. The van der Waals surface area contributed by atoms with Gasteiger partial charge in [0.15, 0.2) is 0 Å². The van der Waals surface area contributed by atoms with E-state index < -0.39 is 10.0 Å². The molecule has 1 N–H and O–H groups in total. The van der Waals surface area contributed by atoms with E-state index in [1.807, 2.05) is 39.1 Å². The van der Waals surface area contributed by atoms with Gasteiger partial charge < -0.3 is 4.57 Å². The first-order valence-electron chi connectivity index (χ1n) is 8.47. The zero-order valence-corrected chi connectivity index (χ0v) is 15.4. The fourth-order valence-electron chi connectivity index (χ4n) is 3.23. The number of imidazole rings is 1. The summed E-state index contributed by atoms with van der Waals surface area (Å²) in [6.45, 7) is 6.79. The third-order valence-electron chi connectivity index (χ3n) is 4.80. The minimum atomic E-state index is -3.48. The van der Waals surface area contributed by atoms with E-state index >= 15 is 0 Å². The fourth-order valence-corrected chi connectivity index (χ4v) is 4.48. The monoisotopic (exact) mass is 347 g/mol. The summed E-state index contributed by atoms with van der Waals surface area (Å²) in [6.07, 6.45) is 5.51. The van der Waals surface area contributed by atoms with Crippen LogP contribution in [-0.4, -0.2) is 24.5 Å². The van der Waals surface area contributed by atoms with Gasteiger partial charge in [0.05, 0.1) is 4.90 Å². The van der Waals surface area contributed by atoms with Crippen molar-refractivity contribution in [2.45, 2.75) is 57.4 Å². The second-order valence-electron chi connectivity index (χ2n) is 6.70. The standard InChI is InChI=1S/C18H25N3O2S/c1-13-7-8-17(14(2)11-13)24(22,23)20-9-10-21-15(3)12-19-18(21)16-5-4-6-16/h7-8,11-12,16,20H,4-6,9-10H2,1-3H3. The molecule has 1 saturated carbocycles. The molecule has 5 nitrogen and oxygen atoms in total. The van der Waals surface area contributed by atoms with Gasteiger partial charge in [-0.05, 0) is 45.2 Å². The largest absolute Gasteiger partial charge is 0.331 e. The topological polar surface area (TPSA) is 64.0 Å². The molecule has 1 heterocycles. The lowest BCUT2D eigenvalue weighted by Gasteiger charge is -2.26. The zero-order chi connectivity index (χ0) is 17.3. The molecule has 1 aromatic carbocycles. The maximum Gasteiger partial charge on any atom is 0.240 e. The lowest BCUT2D eigenvalue weighted by Crippen LogP contribution is -2.29. The first-order chi connectivity index (χ1) is 11.4. The van der Waals surface area contributed by atoms with E-state index in [0.29, 0.717) is 23.9 Å². The van der Waals surface area contributed by atoms with Crippen molar-refractivity contribution < 1.29 is 8.42 Å². The summed E-state index contributed by atoms with van der Waals surface area (Å²) in [5.74, 6) is 1.64. The van der Waals surface area contributed by atoms with Crippen molar-refractivity contribution in [3.8, 4) is 0 Å². The van der Waals surface area contributed by atoms with Gasteiger partial charge in [-0.25, -0.2) is 18.1 Å². The first kappa shape index (κ1) is 17.2. The van der Waals surface area contributed by atoms with Crippen LogP contribution in [-0.2, 0) is 16.6 Å². The Kier molecular flexibility index (Phi) is 4.78. The van der Waals surface area contributed by atoms with Crippen LogP contribution in [0.3, 0.4) is 0 Å². The molecular formula is C18H25N3O2S. The third-order valence-corrected chi connectivity index (χ3v) is 6.42. The highest BCUT2D eigenvalue weighted by Crippen LogP contribution is 2.35. The zero-order valence-electron chi connectivity index (χ0n) is 14.5. The number of sulfonamides is 1. The maximum absolute atomic E-state index is 12.5. The molecule has 0 amide bonds. The van der Waals surface area contributed by atoms with Crippen molar-refractivity contribution in [2.75, 3.05) is 6.54 Å². The Morgan fingerprint density at radius 1 is 1.25 bits per heavy atom. The summed E-state index contributed by atoms with van der Waals surface area (Å²) in [5, 5.41) is 0. The van der Waals surface area contributed by atoms with E-state index in [0.717, 1.165) is 22.6 Å². The number of benzene rings is 1. The molecule has 130 valence electrons. The van der Waals surface area contributed by atoms with Crippen molar-refractivity contribution >= 4 is 10.0 Å². The number of nitrogens with zero attached hydrogens (tertiary/aromatic N) is 2. The molecule has 6 heteroatoms. The van der Waals surface area contributed by atoms with Crippen molar-refractivity contribution in [3.63, 3.8) is 0 Å². The van der Waals surface area contributed by atoms with Gasteiger partial charge in [0.2, 0.25) is 10.0 Å². The average Bonchev–Trinajstić information content (AvgIpc) is 2.78. The van der Waals surface area contributed by atoms with Crippen molar-refractivity contribution in [3.05, 3.63) is 47.0 Å². The van der Waals surface area contributed by atoms with Crippen LogP contribution >= 0.6 is 0 Å². The lowest BCUT2D eigenvalue weighted by molar-refractivity contribution is 0.385. The van der Waals surface area contributed by atoms with Gasteiger partial charge in [0, 0.05) is 30.9 Å². The summed E-state index contributed by atoms with van der Waals surface area (Å²) >= 11 is 0. The van der Waals surface area contributed by atoms with Gasteiger partial charge in [0.1, 0.15) is 5.82 Å². The molecule has 2 aromatic rings. The molecule has 1 aliphatic carbocycles. The third kappa shape index (κ3) is 3.39. The molecular weight excluding hydrogens is 322 g/mol. The van der Waals surface area contributed by atoms with Crippen LogP contribution in [0, 0.1) is 20.8 Å². The van der Waals surface area contributed by atoms with Crippen LogP contribution in [0.25, 0.3) is 0 Å². The second-order valence-corrected chi connectivity index (χ2v) is 8.44. The number of aromatic nitrogens is 2. The molecule has 0 unspecified atom stereocenters. The Labute approximate surface area is 144 Å². The van der Waals surface area contributed by atoms with Gasteiger partial charge in [-0.1, -0.05) is 24.1 Å². The molecule has 3 rings (SSSR count). The van der Waals surface area contributed by atoms with E-state index in [-0.39, 0.29) is 0 Å². The Bertz CT molecular complexity index is 836. The number of aryl methyl sites for hydroxylation is 3. The summed E-state index contributed by atoms with van der Waals surface area (Å²) in [5.41, 5.74) is 2.92. The summed E-state index contributed by atoms with van der Waals surface area (Å²) < 4.78 is 29.9.